The number of benzene rings is 1. The van der Waals surface area contributed by atoms with E-state index in [4.69, 9.17) is 5.90 Å². The summed E-state index contributed by atoms with van der Waals surface area (Å²) >= 11 is 3.09. The van der Waals surface area contributed by atoms with Crippen LogP contribution in [0.1, 0.15) is 17.6 Å². The van der Waals surface area contributed by atoms with Gasteiger partial charge in [-0.15, -0.1) is 0 Å². The van der Waals surface area contributed by atoms with Crippen LogP contribution < -0.4 is 5.90 Å². The smallest absolute Gasteiger partial charge is 0.264 e. The van der Waals surface area contributed by atoms with Crippen LogP contribution >= 0.6 is 15.9 Å². The van der Waals surface area contributed by atoms with Gasteiger partial charge < -0.3 is 4.84 Å². The Bertz CT molecular complexity index is 307. The Morgan fingerprint density at radius 2 is 2.14 bits per heavy atom. The lowest BCUT2D eigenvalue weighted by Gasteiger charge is -2.05. The molecule has 0 radical (unpaired) electrons. The van der Waals surface area contributed by atoms with E-state index >= 15 is 0 Å². The minimum absolute atomic E-state index is 0.00224. The monoisotopic (exact) mass is 265 g/mol. The average Bonchev–Trinajstić information content (AvgIpc) is 2.14. The van der Waals surface area contributed by atoms with Crippen LogP contribution in [0.3, 0.4) is 0 Å². The quantitative estimate of drug-likeness (QED) is 0.850. The summed E-state index contributed by atoms with van der Waals surface area (Å²) in [6.45, 7) is 0.375. The Morgan fingerprint density at radius 3 is 2.64 bits per heavy atom. The maximum atomic E-state index is 12.3. The molecule has 14 heavy (non-hydrogen) atoms. The van der Waals surface area contributed by atoms with Crippen molar-refractivity contribution in [2.24, 2.45) is 5.90 Å². The van der Waals surface area contributed by atoms with Gasteiger partial charge in [0, 0.05) is 10.0 Å². The third kappa shape index (κ3) is 3.01. The summed E-state index contributed by atoms with van der Waals surface area (Å²) in [6, 6.07) is 4.70. The summed E-state index contributed by atoms with van der Waals surface area (Å²) in [4.78, 5) is 4.40. The third-order valence-corrected chi connectivity index (χ3v) is 2.50. The fourth-order valence-electron chi connectivity index (χ4n) is 1.08. The molecule has 0 aliphatic heterocycles. The van der Waals surface area contributed by atoms with Crippen molar-refractivity contribution in [3.05, 3.63) is 33.8 Å². The zero-order chi connectivity index (χ0) is 10.6. The molecule has 2 nitrogen and oxygen atoms in total. The second-order valence-corrected chi connectivity index (χ2v) is 3.63. The number of alkyl halides is 2. The maximum Gasteiger partial charge on any atom is 0.264 e. The first-order valence-corrected chi connectivity index (χ1v) is 4.82. The molecule has 0 saturated carbocycles. The van der Waals surface area contributed by atoms with Gasteiger partial charge in [0.2, 0.25) is 0 Å². The van der Waals surface area contributed by atoms with Crippen molar-refractivity contribution in [1.82, 2.24) is 0 Å². The normalized spacial score (nSPS) is 10.9. The van der Waals surface area contributed by atoms with Crippen LogP contribution in [-0.2, 0) is 11.3 Å². The van der Waals surface area contributed by atoms with E-state index in [1.165, 1.54) is 6.07 Å². The summed E-state index contributed by atoms with van der Waals surface area (Å²) < 4.78 is 25.1. The highest BCUT2D eigenvalue weighted by Gasteiger charge is 2.11. The fourth-order valence-corrected chi connectivity index (χ4v) is 1.68. The highest BCUT2D eigenvalue weighted by atomic mass is 79.9. The third-order valence-electron chi connectivity index (χ3n) is 1.81. The van der Waals surface area contributed by atoms with Crippen molar-refractivity contribution in [1.29, 1.82) is 0 Å². The van der Waals surface area contributed by atoms with Crippen LogP contribution in [-0.4, -0.2) is 6.61 Å². The second kappa shape index (κ2) is 5.38. The van der Waals surface area contributed by atoms with Gasteiger partial charge in [0.25, 0.3) is 6.43 Å². The van der Waals surface area contributed by atoms with Gasteiger partial charge >= 0.3 is 0 Å². The van der Waals surface area contributed by atoms with Crippen LogP contribution in [0.15, 0.2) is 22.7 Å². The van der Waals surface area contributed by atoms with E-state index in [0.717, 1.165) is 5.56 Å². The lowest BCUT2D eigenvalue weighted by atomic mass is 10.1. The summed E-state index contributed by atoms with van der Waals surface area (Å²) in [5.41, 5.74) is 0.911. The van der Waals surface area contributed by atoms with Crippen LogP contribution in [0, 0.1) is 0 Å². The first-order valence-electron chi connectivity index (χ1n) is 4.03. The zero-order valence-corrected chi connectivity index (χ0v) is 8.93. The maximum absolute atomic E-state index is 12.3. The Hall–Kier alpha value is -0.520. The Labute approximate surface area is 89.1 Å². The minimum Gasteiger partial charge on any atom is -0.304 e. The lowest BCUT2D eigenvalue weighted by Crippen LogP contribution is -2.03. The number of hydrogen-bond donors (Lipinski definition) is 1. The molecule has 0 unspecified atom stereocenters. The van der Waals surface area contributed by atoms with Crippen LogP contribution in [0.5, 0.6) is 0 Å². The molecule has 1 aromatic rings. The van der Waals surface area contributed by atoms with Crippen molar-refractivity contribution in [3.8, 4) is 0 Å². The summed E-state index contributed by atoms with van der Waals surface area (Å²) in [5, 5.41) is 0. The van der Waals surface area contributed by atoms with E-state index in [9.17, 15) is 8.78 Å². The molecule has 0 saturated heterocycles. The second-order valence-electron chi connectivity index (χ2n) is 2.78. The molecule has 0 bridgehead atoms. The molecule has 1 rings (SSSR count). The summed E-state index contributed by atoms with van der Waals surface area (Å²) in [5.74, 6) is 4.86. The van der Waals surface area contributed by atoms with Crippen molar-refractivity contribution in [3.63, 3.8) is 0 Å². The summed E-state index contributed by atoms with van der Waals surface area (Å²) in [6.07, 6.45) is -1.84. The molecule has 0 aliphatic rings. The Kier molecular flexibility index (Phi) is 4.44. The molecule has 0 heterocycles. The largest absolute Gasteiger partial charge is 0.304 e. The number of hydrogen-bond acceptors (Lipinski definition) is 2. The van der Waals surface area contributed by atoms with Gasteiger partial charge in [-0.2, -0.15) is 0 Å². The molecule has 2 N–H and O–H groups in total. The molecule has 0 aromatic heterocycles. The predicted molar refractivity (Wildman–Crippen MR) is 52.9 cm³/mol. The first kappa shape index (κ1) is 11.6. The van der Waals surface area contributed by atoms with E-state index in [0.29, 0.717) is 17.5 Å². The van der Waals surface area contributed by atoms with Gasteiger partial charge in [0.05, 0.1) is 6.61 Å². The molecular weight excluding hydrogens is 256 g/mol. The highest BCUT2D eigenvalue weighted by molar-refractivity contribution is 9.10. The SMILES string of the molecule is NOCCc1ccc(C(F)F)c(Br)c1. The molecule has 0 aliphatic carbocycles. The molecule has 0 spiro atoms. The average molecular weight is 266 g/mol. The van der Waals surface area contributed by atoms with Crippen LogP contribution in [0.25, 0.3) is 0 Å². The Morgan fingerprint density at radius 1 is 1.43 bits per heavy atom. The standard InChI is InChI=1S/C9H10BrF2NO/c10-8-5-6(3-4-14-13)1-2-7(8)9(11)12/h1-2,5,9H,3-4,13H2. The molecule has 78 valence electrons. The van der Waals surface area contributed by atoms with Gasteiger partial charge in [0.15, 0.2) is 0 Å². The minimum atomic E-state index is -2.45. The first-order chi connectivity index (χ1) is 6.65. The van der Waals surface area contributed by atoms with Crippen molar-refractivity contribution < 1.29 is 13.6 Å². The predicted octanol–water partition coefficient (Wildman–Crippen LogP) is 2.82. The van der Waals surface area contributed by atoms with E-state index in [1.807, 2.05) is 0 Å². The van der Waals surface area contributed by atoms with Crippen molar-refractivity contribution in [2.45, 2.75) is 12.8 Å². The molecule has 0 fully saturated rings. The molecule has 0 amide bonds. The topological polar surface area (TPSA) is 35.2 Å². The van der Waals surface area contributed by atoms with E-state index in [2.05, 4.69) is 20.8 Å². The Balaban J connectivity index is 2.78. The van der Waals surface area contributed by atoms with Crippen molar-refractivity contribution in [2.75, 3.05) is 6.61 Å². The van der Waals surface area contributed by atoms with E-state index in [-0.39, 0.29) is 5.56 Å². The van der Waals surface area contributed by atoms with E-state index < -0.39 is 6.43 Å². The van der Waals surface area contributed by atoms with E-state index in [1.54, 1.807) is 12.1 Å². The molecule has 0 atom stereocenters. The highest BCUT2D eigenvalue weighted by Crippen LogP contribution is 2.28. The van der Waals surface area contributed by atoms with Gasteiger partial charge in [0.1, 0.15) is 0 Å². The van der Waals surface area contributed by atoms with Gasteiger partial charge in [-0.25, -0.2) is 14.7 Å². The van der Waals surface area contributed by atoms with Gasteiger partial charge in [-0.3, -0.25) is 0 Å². The number of rotatable bonds is 4. The molecule has 5 heteroatoms. The molecular formula is C9H10BrF2NO. The summed E-state index contributed by atoms with van der Waals surface area (Å²) in [7, 11) is 0. The zero-order valence-electron chi connectivity index (χ0n) is 7.34. The van der Waals surface area contributed by atoms with Crippen LogP contribution in [0.2, 0.25) is 0 Å². The van der Waals surface area contributed by atoms with Crippen molar-refractivity contribution >= 4 is 15.9 Å². The molecule has 1 aromatic carbocycles. The fraction of sp³-hybridized carbons (Fsp3) is 0.333. The number of halogens is 3. The number of nitrogens with two attached hydrogens (primary N) is 1. The van der Waals surface area contributed by atoms with Gasteiger partial charge in [-0.1, -0.05) is 28.1 Å². The lowest BCUT2D eigenvalue weighted by molar-refractivity contribution is 0.141. The van der Waals surface area contributed by atoms with Crippen LogP contribution in [0.4, 0.5) is 8.78 Å². The van der Waals surface area contributed by atoms with Gasteiger partial charge in [-0.05, 0) is 18.1 Å².